The first-order chi connectivity index (χ1) is 12.2. The molecular weight excluding hydrogens is 318 g/mol. The van der Waals surface area contributed by atoms with Crippen LogP contribution in [-0.2, 0) is 0 Å². The van der Waals surface area contributed by atoms with Crippen molar-refractivity contribution in [2.24, 2.45) is 5.92 Å². The van der Waals surface area contributed by atoms with Crippen molar-refractivity contribution in [1.82, 2.24) is 9.88 Å². The maximum atomic E-state index is 12.6. The molecule has 25 heavy (non-hydrogen) atoms. The standard InChI is InChI=1S/C19H21N3O3/c1-25-17-6-4-14(5-7-17)18(23)15-8-11-22(12-9-15)19(24)21-16-3-2-10-20-13-16/h2-7,10,13,15H,8-9,11-12H2,1H3,(H,21,24). The van der Waals surface area contributed by atoms with Gasteiger partial charge in [-0.2, -0.15) is 0 Å². The van der Waals surface area contributed by atoms with E-state index in [-0.39, 0.29) is 17.7 Å². The third kappa shape index (κ3) is 4.15. The van der Waals surface area contributed by atoms with Crippen molar-refractivity contribution >= 4 is 17.5 Å². The number of carbonyl (C=O) groups excluding carboxylic acids is 2. The number of nitrogens with zero attached hydrogens (tertiary/aromatic N) is 2. The first-order valence-corrected chi connectivity index (χ1v) is 8.31. The highest BCUT2D eigenvalue weighted by Crippen LogP contribution is 2.23. The summed E-state index contributed by atoms with van der Waals surface area (Å²) in [6, 6.07) is 10.6. The number of piperidine rings is 1. The van der Waals surface area contributed by atoms with E-state index in [0.717, 1.165) is 5.75 Å². The SMILES string of the molecule is COc1ccc(C(=O)C2CCN(C(=O)Nc3cccnc3)CC2)cc1. The molecule has 1 N–H and O–H groups in total. The number of nitrogens with one attached hydrogen (secondary N) is 1. The predicted octanol–water partition coefficient (Wildman–Crippen LogP) is 3.22. The minimum Gasteiger partial charge on any atom is -0.497 e. The van der Waals surface area contributed by atoms with Crippen LogP contribution in [0, 0.1) is 5.92 Å². The average molecular weight is 339 g/mol. The number of urea groups is 1. The van der Waals surface area contributed by atoms with Gasteiger partial charge in [-0.3, -0.25) is 9.78 Å². The van der Waals surface area contributed by atoms with Gasteiger partial charge >= 0.3 is 6.03 Å². The minimum absolute atomic E-state index is 0.0455. The van der Waals surface area contributed by atoms with Crippen molar-refractivity contribution < 1.29 is 14.3 Å². The van der Waals surface area contributed by atoms with Crippen molar-refractivity contribution in [1.29, 1.82) is 0 Å². The summed E-state index contributed by atoms with van der Waals surface area (Å²) in [5.74, 6) is 0.823. The molecule has 1 aromatic carbocycles. The number of amides is 2. The fourth-order valence-electron chi connectivity index (χ4n) is 2.97. The van der Waals surface area contributed by atoms with Gasteiger partial charge < -0.3 is 15.0 Å². The molecule has 0 bridgehead atoms. The van der Waals surface area contributed by atoms with E-state index in [9.17, 15) is 9.59 Å². The highest BCUT2D eigenvalue weighted by molar-refractivity contribution is 5.98. The largest absolute Gasteiger partial charge is 0.497 e. The Bertz CT molecular complexity index is 723. The Hall–Kier alpha value is -2.89. The maximum Gasteiger partial charge on any atom is 0.321 e. The number of ketones is 1. The lowest BCUT2D eigenvalue weighted by Gasteiger charge is -2.31. The molecule has 6 nitrogen and oxygen atoms in total. The smallest absolute Gasteiger partial charge is 0.321 e. The highest BCUT2D eigenvalue weighted by atomic mass is 16.5. The molecule has 1 fully saturated rings. The lowest BCUT2D eigenvalue weighted by molar-refractivity contribution is 0.0859. The van der Waals surface area contributed by atoms with Crippen LogP contribution in [0.3, 0.4) is 0 Å². The molecule has 2 aromatic rings. The Labute approximate surface area is 146 Å². The number of Topliss-reactive ketones (excluding diaryl/α,β-unsaturated/α-hetero) is 1. The maximum absolute atomic E-state index is 12.6. The summed E-state index contributed by atoms with van der Waals surface area (Å²) < 4.78 is 5.12. The Morgan fingerprint density at radius 2 is 1.88 bits per heavy atom. The van der Waals surface area contributed by atoms with E-state index >= 15 is 0 Å². The fourth-order valence-corrected chi connectivity index (χ4v) is 2.97. The zero-order chi connectivity index (χ0) is 17.6. The number of likely N-dealkylation sites (tertiary alicyclic amines) is 1. The number of hydrogen-bond donors (Lipinski definition) is 1. The summed E-state index contributed by atoms with van der Waals surface area (Å²) in [6.45, 7) is 1.14. The summed E-state index contributed by atoms with van der Waals surface area (Å²) in [5, 5.41) is 2.83. The van der Waals surface area contributed by atoms with Gasteiger partial charge in [0.1, 0.15) is 5.75 Å². The molecule has 0 saturated carbocycles. The molecule has 0 unspecified atom stereocenters. The second-order valence-corrected chi connectivity index (χ2v) is 6.03. The van der Waals surface area contributed by atoms with Gasteiger partial charge in [0.2, 0.25) is 0 Å². The molecule has 3 rings (SSSR count). The lowest BCUT2D eigenvalue weighted by atomic mass is 9.89. The Balaban J connectivity index is 1.54. The van der Waals surface area contributed by atoms with E-state index in [1.807, 2.05) is 0 Å². The molecule has 0 radical (unpaired) electrons. The number of benzene rings is 1. The fraction of sp³-hybridized carbons (Fsp3) is 0.316. The van der Waals surface area contributed by atoms with Gasteiger partial charge in [0.05, 0.1) is 19.0 Å². The van der Waals surface area contributed by atoms with E-state index in [0.29, 0.717) is 37.2 Å². The second kappa shape index (κ2) is 7.79. The van der Waals surface area contributed by atoms with Crippen molar-refractivity contribution in [2.75, 3.05) is 25.5 Å². The topological polar surface area (TPSA) is 71.5 Å². The predicted molar refractivity (Wildman–Crippen MR) is 94.9 cm³/mol. The van der Waals surface area contributed by atoms with Crippen LogP contribution in [0.5, 0.6) is 5.75 Å². The Kier molecular flexibility index (Phi) is 5.28. The number of methoxy groups -OCH3 is 1. The zero-order valence-electron chi connectivity index (χ0n) is 14.1. The van der Waals surface area contributed by atoms with Gasteiger partial charge in [0, 0.05) is 30.8 Å². The molecule has 0 atom stereocenters. The molecule has 2 amide bonds. The third-order valence-electron chi connectivity index (χ3n) is 4.44. The summed E-state index contributed by atoms with van der Waals surface area (Å²) in [7, 11) is 1.60. The molecule has 0 spiro atoms. The molecule has 1 aliphatic rings. The number of rotatable bonds is 4. The van der Waals surface area contributed by atoms with Gasteiger partial charge in [-0.1, -0.05) is 0 Å². The van der Waals surface area contributed by atoms with E-state index < -0.39 is 0 Å². The summed E-state index contributed by atoms with van der Waals surface area (Å²) in [4.78, 5) is 30.6. The first kappa shape index (κ1) is 17.0. The summed E-state index contributed by atoms with van der Waals surface area (Å²) >= 11 is 0. The van der Waals surface area contributed by atoms with Crippen LogP contribution in [0.15, 0.2) is 48.8 Å². The van der Waals surface area contributed by atoms with Crippen molar-refractivity contribution in [3.05, 3.63) is 54.4 Å². The van der Waals surface area contributed by atoms with Crippen LogP contribution in [-0.4, -0.2) is 41.9 Å². The molecule has 2 heterocycles. The monoisotopic (exact) mass is 339 g/mol. The zero-order valence-corrected chi connectivity index (χ0v) is 14.1. The van der Waals surface area contributed by atoms with Crippen LogP contribution in [0.2, 0.25) is 0 Å². The lowest BCUT2D eigenvalue weighted by Crippen LogP contribution is -2.42. The summed E-state index contributed by atoms with van der Waals surface area (Å²) in [6.07, 6.45) is 4.61. The van der Waals surface area contributed by atoms with Gasteiger partial charge in [-0.25, -0.2) is 4.79 Å². The van der Waals surface area contributed by atoms with Crippen molar-refractivity contribution in [3.8, 4) is 5.75 Å². The summed E-state index contributed by atoms with van der Waals surface area (Å²) in [5.41, 5.74) is 1.36. The van der Waals surface area contributed by atoms with Crippen LogP contribution in [0.1, 0.15) is 23.2 Å². The molecule has 1 aliphatic heterocycles. The van der Waals surface area contributed by atoms with Gasteiger partial charge in [0.15, 0.2) is 5.78 Å². The Morgan fingerprint density at radius 1 is 1.16 bits per heavy atom. The van der Waals surface area contributed by atoms with Crippen molar-refractivity contribution in [2.45, 2.75) is 12.8 Å². The number of anilines is 1. The van der Waals surface area contributed by atoms with Crippen LogP contribution in [0.4, 0.5) is 10.5 Å². The first-order valence-electron chi connectivity index (χ1n) is 8.31. The van der Waals surface area contributed by atoms with Crippen molar-refractivity contribution in [3.63, 3.8) is 0 Å². The molecule has 130 valence electrons. The molecule has 0 aliphatic carbocycles. The van der Waals surface area contributed by atoms with Crippen LogP contribution in [0.25, 0.3) is 0 Å². The van der Waals surface area contributed by atoms with E-state index in [1.165, 1.54) is 0 Å². The van der Waals surface area contributed by atoms with Gasteiger partial charge in [-0.15, -0.1) is 0 Å². The number of pyridine rings is 1. The molecule has 1 aromatic heterocycles. The normalized spacial score (nSPS) is 14.8. The van der Waals surface area contributed by atoms with Gasteiger partial charge in [0.25, 0.3) is 0 Å². The highest BCUT2D eigenvalue weighted by Gasteiger charge is 2.28. The minimum atomic E-state index is -0.150. The number of hydrogen-bond acceptors (Lipinski definition) is 4. The molecular formula is C19H21N3O3. The van der Waals surface area contributed by atoms with E-state index in [1.54, 1.807) is 60.8 Å². The van der Waals surface area contributed by atoms with E-state index in [2.05, 4.69) is 10.3 Å². The Morgan fingerprint density at radius 3 is 2.48 bits per heavy atom. The number of carbonyl (C=O) groups is 2. The third-order valence-corrected chi connectivity index (χ3v) is 4.44. The molecule has 1 saturated heterocycles. The second-order valence-electron chi connectivity index (χ2n) is 6.03. The molecule has 6 heteroatoms. The van der Waals surface area contributed by atoms with Crippen LogP contribution < -0.4 is 10.1 Å². The van der Waals surface area contributed by atoms with Crippen LogP contribution >= 0.6 is 0 Å². The average Bonchev–Trinajstić information content (AvgIpc) is 2.68. The number of aromatic nitrogens is 1. The van der Waals surface area contributed by atoms with Gasteiger partial charge in [-0.05, 0) is 49.2 Å². The van der Waals surface area contributed by atoms with E-state index in [4.69, 9.17) is 4.74 Å². The number of ether oxygens (including phenoxy) is 1. The quantitative estimate of drug-likeness (QED) is 0.868.